The molecule has 6 heteroatoms. The SMILES string of the molecule is Cc1ccc(-c2nccc(C3CCCN(C(=O)c4cc(F)cc(F)c4)C3)n2)cc1. The number of hydrogen-bond acceptors (Lipinski definition) is 3. The highest BCUT2D eigenvalue weighted by atomic mass is 19.1. The molecule has 0 N–H and O–H groups in total. The van der Waals surface area contributed by atoms with E-state index in [1.165, 1.54) is 5.56 Å². The van der Waals surface area contributed by atoms with Gasteiger partial charge < -0.3 is 4.90 Å². The van der Waals surface area contributed by atoms with Gasteiger partial charge in [0.25, 0.3) is 5.91 Å². The van der Waals surface area contributed by atoms with Crippen molar-refractivity contribution in [1.82, 2.24) is 14.9 Å². The van der Waals surface area contributed by atoms with Crippen molar-refractivity contribution in [1.29, 1.82) is 0 Å². The van der Waals surface area contributed by atoms with Crippen molar-refractivity contribution < 1.29 is 13.6 Å². The summed E-state index contributed by atoms with van der Waals surface area (Å²) in [5.41, 5.74) is 3.02. The summed E-state index contributed by atoms with van der Waals surface area (Å²) in [5, 5.41) is 0. The number of carbonyl (C=O) groups is 1. The molecule has 2 heterocycles. The average molecular weight is 393 g/mol. The molecule has 0 spiro atoms. The van der Waals surface area contributed by atoms with Gasteiger partial charge in [0.05, 0.1) is 0 Å². The Balaban J connectivity index is 1.55. The van der Waals surface area contributed by atoms with Gasteiger partial charge in [-0.2, -0.15) is 0 Å². The Morgan fingerprint density at radius 3 is 2.52 bits per heavy atom. The van der Waals surface area contributed by atoms with E-state index in [2.05, 4.69) is 4.98 Å². The first-order valence-electron chi connectivity index (χ1n) is 9.65. The van der Waals surface area contributed by atoms with Crippen molar-refractivity contribution >= 4 is 5.91 Å². The van der Waals surface area contributed by atoms with Gasteiger partial charge in [-0.05, 0) is 38.0 Å². The molecule has 0 aliphatic carbocycles. The summed E-state index contributed by atoms with van der Waals surface area (Å²) in [6, 6.07) is 12.8. The smallest absolute Gasteiger partial charge is 0.254 e. The lowest BCUT2D eigenvalue weighted by molar-refractivity contribution is 0.0705. The molecule has 0 saturated carbocycles. The molecule has 148 valence electrons. The highest BCUT2D eigenvalue weighted by molar-refractivity contribution is 5.94. The molecule has 4 rings (SSSR count). The molecule has 1 unspecified atom stereocenters. The van der Waals surface area contributed by atoms with E-state index in [9.17, 15) is 13.6 Å². The number of benzene rings is 2. The first-order valence-corrected chi connectivity index (χ1v) is 9.65. The second-order valence-electron chi connectivity index (χ2n) is 7.42. The van der Waals surface area contributed by atoms with Crippen LogP contribution in [0.3, 0.4) is 0 Å². The lowest BCUT2D eigenvalue weighted by Crippen LogP contribution is -2.39. The average Bonchev–Trinajstić information content (AvgIpc) is 2.73. The first kappa shape index (κ1) is 19.2. The maximum atomic E-state index is 13.5. The summed E-state index contributed by atoms with van der Waals surface area (Å²) < 4.78 is 27.0. The van der Waals surface area contributed by atoms with Gasteiger partial charge in [0, 0.05) is 48.1 Å². The third-order valence-electron chi connectivity index (χ3n) is 5.22. The van der Waals surface area contributed by atoms with Crippen molar-refractivity contribution in [3.05, 3.63) is 83.2 Å². The largest absolute Gasteiger partial charge is 0.338 e. The quantitative estimate of drug-likeness (QED) is 0.645. The number of aryl methyl sites for hydroxylation is 1. The van der Waals surface area contributed by atoms with E-state index >= 15 is 0 Å². The van der Waals surface area contributed by atoms with Crippen LogP contribution in [-0.4, -0.2) is 33.9 Å². The van der Waals surface area contributed by atoms with Gasteiger partial charge in [0.1, 0.15) is 11.6 Å². The second kappa shape index (κ2) is 8.07. The van der Waals surface area contributed by atoms with E-state index in [0.29, 0.717) is 18.9 Å². The molecule has 1 fully saturated rings. The number of likely N-dealkylation sites (tertiary alicyclic amines) is 1. The van der Waals surface area contributed by atoms with Crippen LogP contribution < -0.4 is 0 Å². The van der Waals surface area contributed by atoms with Gasteiger partial charge >= 0.3 is 0 Å². The van der Waals surface area contributed by atoms with Crippen LogP contribution in [0.1, 0.15) is 40.4 Å². The molecular weight excluding hydrogens is 372 g/mol. The van der Waals surface area contributed by atoms with Crippen molar-refractivity contribution in [3.63, 3.8) is 0 Å². The van der Waals surface area contributed by atoms with Crippen LogP contribution in [0, 0.1) is 18.6 Å². The van der Waals surface area contributed by atoms with Gasteiger partial charge in [-0.25, -0.2) is 18.7 Å². The maximum Gasteiger partial charge on any atom is 0.254 e. The van der Waals surface area contributed by atoms with Gasteiger partial charge in [-0.3, -0.25) is 4.79 Å². The standard InChI is InChI=1S/C23H21F2N3O/c1-15-4-6-16(7-5-15)22-26-9-8-21(27-22)17-3-2-10-28(14-17)23(29)18-11-19(24)13-20(25)12-18/h4-9,11-13,17H,2-3,10,14H2,1H3. The molecule has 4 nitrogen and oxygen atoms in total. The predicted octanol–water partition coefficient (Wildman–Crippen LogP) is 4.75. The Hall–Kier alpha value is -3.15. The number of carbonyl (C=O) groups excluding carboxylic acids is 1. The number of amides is 1. The van der Waals surface area contributed by atoms with Crippen LogP contribution in [0.5, 0.6) is 0 Å². The fourth-order valence-electron chi connectivity index (χ4n) is 3.70. The van der Waals surface area contributed by atoms with Crippen molar-refractivity contribution in [3.8, 4) is 11.4 Å². The molecule has 29 heavy (non-hydrogen) atoms. The molecular formula is C23H21F2N3O. The summed E-state index contributed by atoms with van der Waals surface area (Å²) in [6.45, 7) is 3.05. The third kappa shape index (κ3) is 4.31. The summed E-state index contributed by atoms with van der Waals surface area (Å²) in [7, 11) is 0. The fourth-order valence-corrected chi connectivity index (χ4v) is 3.70. The Bertz CT molecular complexity index is 1020. The van der Waals surface area contributed by atoms with Crippen LogP contribution in [0.15, 0.2) is 54.7 Å². The van der Waals surface area contributed by atoms with E-state index in [4.69, 9.17) is 4.98 Å². The van der Waals surface area contributed by atoms with Crippen LogP contribution in [0.4, 0.5) is 8.78 Å². The number of piperidine rings is 1. The Kier molecular flexibility index (Phi) is 5.34. The van der Waals surface area contributed by atoms with Gasteiger partial charge in [0.15, 0.2) is 5.82 Å². The van der Waals surface area contributed by atoms with E-state index in [1.54, 1.807) is 11.1 Å². The zero-order valence-electron chi connectivity index (χ0n) is 16.1. The van der Waals surface area contributed by atoms with E-state index < -0.39 is 11.6 Å². The molecule has 1 aromatic heterocycles. The third-order valence-corrected chi connectivity index (χ3v) is 5.22. The van der Waals surface area contributed by atoms with Crippen LogP contribution in [-0.2, 0) is 0 Å². The second-order valence-corrected chi connectivity index (χ2v) is 7.42. The minimum atomic E-state index is -0.750. The highest BCUT2D eigenvalue weighted by Crippen LogP contribution is 2.28. The molecule has 1 amide bonds. The van der Waals surface area contributed by atoms with Gasteiger partial charge in [-0.1, -0.05) is 29.8 Å². The van der Waals surface area contributed by atoms with E-state index in [1.807, 2.05) is 37.3 Å². The minimum absolute atomic E-state index is 0.0335. The van der Waals surface area contributed by atoms with Gasteiger partial charge in [-0.15, -0.1) is 0 Å². The molecule has 1 aliphatic heterocycles. The highest BCUT2D eigenvalue weighted by Gasteiger charge is 2.27. The number of nitrogens with zero attached hydrogens (tertiary/aromatic N) is 3. The predicted molar refractivity (Wildman–Crippen MR) is 106 cm³/mol. The summed E-state index contributed by atoms with van der Waals surface area (Å²) in [5.74, 6) is -1.15. The zero-order chi connectivity index (χ0) is 20.4. The Morgan fingerprint density at radius 1 is 1.07 bits per heavy atom. The molecule has 0 bridgehead atoms. The fraction of sp³-hybridized carbons (Fsp3) is 0.261. The van der Waals surface area contributed by atoms with Crippen molar-refractivity contribution in [2.24, 2.45) is 0 Å². The maximum absolute atomic E-state index is 13.5. The van der Waals surface area contributed by atoms with Crippen molar-refractivity contribution in [2.75, 3.05) is 13.1 Å². The molecule has 1 saturated heterocycles. The van der Waals surface area contributed by atoms with Crippen LogP contribution >= 0.6 is 0 Å². The van der Waals surface area contributed by atoms with Gasteiger partial charge in [0.2, 0.25) is 0 Å². The zero-order valence-corrected chi connectivity index (χ0v) is 16.1. The molecule has 3 aromatic rings. The molecule has 1 atom stereocenters. The molecule has 2 aromatic carbocycles. The Morgan fingerprint density at radius 2 is 1.79 bits per heavy atom. The number of rotatable bonds is 3. The Labute approximate surface area is 168 Å². The monoisotopic (exact) mass is 393 g/mol. The first-order chi connectivity index (χ1) is 14.0. The topological polar surface area (TPSA) is 46.1 Å². The van der Waals surface area contributed by atoms with E-state index in [-0.39, 0.29) is 17.4 Å². The summed E-state index contributed by atoms with van der Waals surface area (Å²) >= 11 is 0. The molecule has 1 aliphatic rings. The van der Waals surface area contributed by atoms with Crippen LogP contribution in [0.25, 0.3) is 11.4 Å². The lowest BCUT2D eigenvalue weighted by atomic mass is 9.94. The molecule has 0 radical (unpaired) electrons. The normalized spacial score (nSPS) is 16.7. The summed E-state index contributed by atoms with van der Waals surface area (Å²) in [4.78, 5) is 23.5. The minimum Gasteiger partial charge on any atom is -0.338 e. The summed E-state index contributed by atoms with van der Waals surface area (Å²) in [6.07, 6.45) is 3.43. The lowest BCUT2D eigenvalue weighted by Gasteiger charge is -2.32. The van der Waals surface area contributed by atoms with Crippen LogP contribution in [0.2, 0.25) is 0 Å². The van der Waals surface area contributed by atoms with Crippen molar-refractivity contribution in [2.45, 2.75) is 25.7 Å². The number of hydrogen-bond donors (Lipinski definition) is 0. The number of halogens is 2. The number of aromatic nitrogens is 2. The van der Waals surface area contributed by atoms with E-state index in [0.717, 1.165) is 42.3 Å².